The quantitative estimate of drug-likeness (QED) is 0.516. The molecule has 0 atom stereocenters. The van der Waals surface area contributed by atoms with Crippen LogP contribution in [-0.4, -0.2) is 51.3 Å². The zero-order valence-electron chi connectivity index (χ0n) is 14.9. The zero-order chi connectivity index (χ0) is 17.8. The summed E-state index contributed by atoms with van der Waals surface area (Å²) in [7, 11) is 7.69. The van der Waals surface area contributed by atoms with Gasteiger partial charge < -0.3 is 20.1 Å². The van der Waals surface area contributed by atoms with Gasteiger partial charge >= 0.3 is 0 Å². The lowest BCUT2D eigenvalue weighted by molar-refractivity contribution is 0.729. The van der Waals surface area contributed by atoms with Crippen molar-refractivity contribution >= 4 is 17.6 Å². The van der Waals surface area contributed by atoms with Gasteiger partial charge in [-0.15, -0.1) is 10.2 Å². The summed E-state index contributed by atoms with van der Waals surface area (Å²) in [5.74, 6) is 2.43. The van der Waals surface area contributed by atoms with E-state index < -0.39 is 0 Å². The molecule has 0 unspecified atom stereocenters. The third kappa shape index (κ3) is 3.54. The first-order chi connectivity index (χ1) is 12.1. The van der Waals surface area contributed by atoms with E-state index in [1.54, 1.807) is 7.05 Å². The highest BCUT2D eigenvalue weighted by atomic mass is 15.3. The highest BCUT2D eigenvalue weighted by Crippen LogP contribution is 2.10. The minimum atomic E-state index is 0.527. The van der Waals surface area contributed by atoms with E-state index in [4.69, 9.17) is 0 Å². The van der Waals surface area contributed by atoms with Crippen molar-refractivity contribution in [1.29, 1.82) is 0 Å². The van der Waals surface area contributed by atoms with Crippen molar-refractivity contribution in [3.63, 3.8) is 0 Å². The monoisotopic (exact) mass is 341 g/mol. The van der Waals surface area contributed by atoms with Crippen molar-refractivity contribution in [2.75, 3.05) is 26.0 Å². The largest absolute Gasteiger partial charge is 0.351 e. The van der Waals surface area contributed by atoms with E-state index in [9.17, 15) is 0 Å². The van der Waals surface area contributed by atoms with Crippen LogP contribution in [0.3, 0.4) is 0 Å². The first-order valence-electron chi connectivity index (χ1n) is 8.01. The fraction of sp³-hybridized carbons (Fsp3) is 0.375. The molecule has 0 saturated heterocycles. The second kappa shape index (κ2) is 7.20. The Bertz CT molecular complexity index is 875. The van der Waals surface area contributed by atoms with Crippen LogP contribution in [0.25, 0.3) is 5.65 Å². The molecule has 132 valence electrons. The number of rotatable bonds is 5. The molecule has 3 aromatic rings. The molecule has 0 aromatic carbocycles. The highest BCUT2D eigenvalue weighted by molar-refractivity contribution is 5.79. The smallest absolute Gasteiger partial charge is 0.204 e. The van der Waals surface area contributed by atoms with Crippen molar-refractivity contribution in [3.05, 3.63) is 42.1 Å². The molecule has 9 nitrogen and oxygen atoms in total. The number of hydrogen-bond donors (Lipinski definition) is 2. The average molecular weight is 341 g/mol. The molecule has 2 N–H and O–H groups in total. The van der Waals surface area contributed by atoms with E-state index in [1.807, 2.05) is 65.6 Å². The Labute approximate surface area is 146 Å². The molecular weight excluding hydrogens is 318 g/mol. The van der Waals surface area contributed by atoms with E-state index in [-0.39, 0.29) is 0 Å². The van der Waals surface area contributed by atoms with Crippen molar-refractivity contribution in [2.45, 2.75) is 13.1 Å². The summed E-state index contributed by atoms with van der Waals surface area (Å²) in [6.07, 6.45) is 3.81. The maximum atomic E-state index is 4.41. The van der Waals surface area contributed by atoms with E-state index in [2.05, 4.69) is 30.8 Å². The lowest BCUT2D eigenvalue weighted by atomic mass is 10.4. The maximum Gasteiger partial charge on any atom is 0.204 e. The van der Waals surface area contributed by atoms with Crippen molar-refractivity contribution in [2.24, 2.45) is 12.0 Å². The van der Waals surface area contributed by atoms with Gasteiger partial charge in [0.2, 0.25) is 5.95 Å². The van der Waals surface area contributed by atoms with Gasteiger partial charge in [0.1, 0.15) is 0 Å². The minimum Gasteiger partial charge on any atom is -0.351 e. The van der Waals surface area contributed by atoms with Crippen LogP contribution < -0.4 is 15.5 Å². The van der Waals surface area contributed by atoms with Crippen LogP contribution in [0.15, 0.2) is 35.6 Å². The molecule has 0 amide bonds. The molecule has 9 heteroatoms. The Hall–Kier alpha value is -3.10. The van der Waals surface area contributed by atoms with Crippen LogP contribution >= 0.6 is 0 Å². The molecule has 0 aliphatic carbocycles. The fourth-order valence-corrected chi connectivity index (χ4v) is 2.58. The van der Waals surface area contributed by atoms with Gasteiger partial charge in [-0.05, 0) is 12.1 Å². The van der Waals surface area contributed by atoms with E-state index in [0.29, 0.717) is 19.0 Å². The number of fused-ring (bicyclic) bond motifs is 1. The predicted octanol–water partition coefficient (Wildman–Crippen LogP) is 0.394. The molecule has 0 aliphatic heterocycles. The van der Waals surface area contributed by atoms with E-state index in [0.717, 1.165) is 23.1 Å². The number of aromatic nitrogens is 5. The summed E-state index contributed by atoms with van der Waals surface area (Å²) >= 11 is 0. The Morgan fingerprint density at radius 1 is 1.20 bits per heavy atom. The van der Waals surface area contributed by atoms with Gasteiger partial charge in [-0.3, -0.25) is 9.39 Å². The van der Waals surface area contributed by atoms with Crippen molar-refractivity contribution in [3.8, 4) is 0 Å². The molecule has 25 heavy (non-hydrogen) atoms. The zero-order valence-corrected chi connectivity index (χ0v) is 14.9. The highest BCUT2D eigenvalue weighted by Gasteiger charge is 2.09. The van der Waals surface area contributed by atoms with Crippen molar-refractivity contribution < 1.29 is 0 Å². The van der Waals surface area contributed by atoms with Gasteiger partial charge in [0.05, 0.1) is 25.0 Å². The summed E-state index contributed by atoms with van der Waals surface area (Å²) in [6.45, 7) is 1.15. The van der Waals surface area contributed by atoms with Crippen LogP contribution in [0.2, 0.25) is 0 Å². The Balaban J connectivity index is 1.60. The fourth-order valence-electron chi connectivity index (χ4n) is 2.58. The van der Waals surface area contributed by atoms with Crippen LogP contribution in [0, 0.1) is 0 Å². The molecule has 3 aromatic heterocycles. The average Bonchev–Trinajstić information content (AvgIpc) is 3.19. The van der Waals surface area contributed by atoms with Gasteiger partial charge in [-0.1, -0.05) is 6.07 Å². The molecule has 0 radical (unpaired) electrons. The van der Waals surface area contributed by atoms with Crippen LogP contribution in [0.1, 0.15) is 11.5 Å². The van der Waals surface area contributed by atoms with Gasteiger partial charge in [-0.25, -0.2) is 4.98 Å². The lowest BCUT2D eigenvalue weighted by Gasteiger charge is -2.14. The Morgan fingerprint density at radius 2 is 2.00 bits per heavy atom. The number of guanidine groups is 1. The molecule has 0 bridgehead atoms. The Kier molecular flexibility index (Phi) is 4.82. The Morgan fingerprint density at radius 3 is 2.72 bits per heavy atom. The molecule has 0 fully saturated rings. The van der Waals surface area contributed by atoms with Gasteiger partial charge in [0.25, 0.3) is 0 Å². The minimum absolute atomic E-state index is 0.527. The number of anilines is 1. The normalized spacial score (nSPS) is 11.8. The third-order valence-electron chi connectivity index (χ3n) is 3.92. The first-order valence-corrected chi connectivity index (χ1v) is 8.01. The second-order valence-corrected chi connectivity index (χ2v) is 5.83. The number of pyridine rings is 1. The van der Waals surface area contributed by atoms with Crippen LogP contribution in [-0.2, 0) is 20.1 Å². The number of nitrogens with zero attached hydrogens (tertiary/aromatic N) is 7. The maximum absolute atomic E-state index is 4.41. The standard InChI is InChI=1S/C16H23N9/c1-17-15(18-9-12-10-20-16(23(2)3)24(12)4)19-11-14-22-21-13-7-5-6-8-25(13)14/h5-8,10H,9,11H2,1-4H3,(H2,17,18,19). The topological polar surface area (TPSA) is 87.7 Å². The summed E-state index contributed by atoms with van der Waals surface area (Å²) in [5, 5.41) is 14.9. The van der Waals surface area contributed by atoms with Gasteiger partial charge in [0, 0.05) is 34.4 Å². The first kappa shape index (κ1) is 16.7. The van der Waals surface area contributed by atoms with Crippen molar-refractivity contribution in [1.82, 2.24) is 34.8 Å². The van der Waals surface area contributed by atoms with Gasteiger partial charge in [-0.2, -0.15) is 0 Å². The SMILES string of the molecule is CN=C(NCc1cnc(N(C)C)n1C)NCc1nnc2ccccn12. The number of hydrogen-bond acceptors (Lipinski definition) is 5. The molecule has 0 saturated carbocycles. The predicted molar refractivity (Wildman–Crippen MR) is 97.6 cm³/mol. The number of nitrogens with one attached hydrogen (secondary N) is 2. The van der Waals surface area contributed by atoms with E-state index in [1.165, 1.54) is 0 Å². The molecular formula is C16H23N9. The number of aliphatic imine (C=N–C) groups is 1. The third-order valence-corrected chi connectivity index (χ3v) is 3.92. The summed E-state index contributed by atoms with van der Waals surface area (Å²) in [5.41, 5.74) is 1.90. The summed E-state index contributed by atoms with van der Waals surface area (Å²) in [6, 6.07) is 5.82. The summed E-state index contributed by atoms with van der Waals surface area (Å²) in [4.78, 5) is 10.6. The van der Waals surface area contributed by atoms with E-state index >= 15 is 0 Å². The number of imidazole rings is 1. The van der Waals surface area contributed by atoms with Gasteiger partial charge in [0.15, 0.2) is 17.4 Å². The van der Waals surface area contributed by atoms with Crippen LogP contribution in [0.5, 0.6) is 0 Å². The van der Waals surface area contributed by atoms with Crippen LogP contribution in [0.4, 0.5) is 5.95 Å². The lowest BCUT2D eigenvalue weighted by Crippen LogP contribution is -2.37. The molecule has 3 heterocycles. The molecule has 0 spiro atoms. The summed E-state index contributed by atoms with van der Waals surface area (Å²) < 4.78 is 4.00. The molecule has 0 aliphatic rings. The molecule has 3 rings (SSSR count). The second-order valence-electron chi connectivity index (χ2n) is 5.83.